The molecule has 0 fully saturated rings. The lowest BCUT2D eigenvalue weighted by atomic mass is 10.1. The molecule has 1 unspecified atom stereocenters. The number of aliphatic carboxylic acids is 1. The maximum absolute atomic E-state index is 10.6. The zero-order valence-corrected chi connectivity index (χ0v) is 10.4. The van der Waals surface area contributed by atoms with Crippen LogP contribution < -0.4 is 0 Å². The predicted octanol–water partition coefficient (Wildman–Crippen LogP) is 1.80. The summed E-state index contributed by atoms with van der Waals surface area (Å²) in [6, 6.07) is 7.48. The van der Waals surface area contributed by atoms with E-state index in [0.29, 0.717) is 0 Å². The number of carboxylic acids is 1. The van der Waals surface area contributed by atoms with E-state index in [9.17, 15) is 9.90 Å². The summed E-state index contributed by atoms with van der Waals surface area (Å²) in [4.78, 5) is 10.6. The third-order valence-corrected chi connectivity index (χ3v) is 2.49. The molecule has 0 aromatic heterocycles. The molecule has 1 aromatic rings. The lowest BCUT2D eigenvalue weighted by molar-refractivity contribution is -0.163. The molecule has 0 saturated carbocycles. The van der Waals surface area contributed by atoms with Gasteiger partial charge in [-0.2, -0.15) is 0 Å². The minimum absolute atomic E-state index is 0.241. The molecule has 0 heterocycles. The van der Waals surface area contributed by atoms with E-state index in [1.54, 1.807) is 0 Å². The Hall–Kier alpha value is -0.910. The second-order valence-electron chi connectivity index (χ2n) is 3.70. The van der Waals surface area contributed by atoms with Crippen LogP contribution in [0, 0.1) is 0 Å². The summed E-state index contributed by atoms with van der Waals surface area (Å²) >= 11 is 3.32. The molecule has 0 amide bonds. The van der Waals surface area contributed by atoms with Crippen molar-refractivity contribution in [1.29, 1.82) is 0 Å². The van der Waals surface area contributed by atoms with Gasteiger partial charge in [-0.25, -0.2) is 4.79 Å². The highest BCUT2D eigenvalue weighted by atomic mass is 79.9. The van der Waals surface area contributed by atoms with E-state index in [0.717, 1.165) is 10.0 Å². The first-order chi connectivity index (χ1) is 7.42. The van der Waals surface area contributed by atoms with Crippen LogP contribution in [0.5, 0.6) is 0 Å². The van der Waals surface area contributed by atoms with Crippen molar-refractivity contribution in [3.8, 4) is 0 Å². The molecule has 0 aliphatic rings. The fourth-order valence-corrected chi connectivity index (χ4v) is 1.50. The monoisotopic (exact) mass is 288 g/mol. The van der Waals surface area contributed by atoms with Gasteiger partial charge in [0.2, 0.25) is 0 Å². The van der Waals surface area contributed by atoms with Gasteiger partial charge in [0.25, 0.3) is 0 Å². The Labute approximate surface area is 102 Å². The number of rotatable bonds is 5. The summed E-state index contributed by atoms with van der Waals surface area (Å²) in [6.07, 6.45) is 0. The molecule has 0 saturated heterocycles. The van der Waals surface area contributed by atoms with Crippen LogP contribution >= 0.6 is 15.9 Å². The van der Waals surface area contributed by atoms with E-state index >= 15 is 0 Å². The van der Waals surface area contributed by atoms with Crippen molar-refractivity contribution < 1.29 is 19.7 Å². The smallest absolute Gasteiger partial charge is 0.337 e. The molecule has 4 nitrogen and oxygen atoms in total. The Morgan fingerprint density at radius 1 is 1.56 bits per heavy atom. The minimum atomic E-state index is -1.84. The van der Waals surface area contributed by atoms with Gasteiger partial charge in [0, 0.05) is 4.47 Å². The Kier molecular flexibility index (Phi) is 4.46. The number of hydrogen-bond donors (Lipinski definition) is 2. The predicted molar refractivity (Wildman–Crippen MR) is 62.1 cm³/mol. The highest BCUT2D eigenvalue weighted by Crippen LogP contribution is 2.13. The number of hydrogen-bond acceptors (Lipinski definition) is 3. The van der Waals surface area contributed by atoms with Gasteiger partial charge in [-0.1, -0.05) is 28.1 Å². The average molecular weight is 289 g/mol. The van der Waals surface area contributed by atoms with Crippen LogP contribution in [-0.4, -0.2) is 28.4 Å². The van der Waals surface area contributed by atoms with E-state index in [1.165, 1.54) is 6.92 Å². The lowest BCUT2D eigenvalue weighted by Crippen LogP contribution is -2.39. The van der Waals surface area contributed by atoms with Crippen molar-refractivity contribution in [2.24, 2.45) is 0 Å². The fourth-order valence-electron chi connectivity index (χ4n) is 1.06. The average Bonchev–Trinajstić information content (AvgIpc) is 2.17. The minimum Gasteiger partial charge on any atom is -0.479 e. The van der Waals surface area contributed by atoms with Gasteiger partial charge in [0.05, 0.1) is 13.2 Å². The lowest BCUT2D eigenvalue weighted by Gasteiger charge is -2.17. The van der Waals surface area contributed by atoms with E-state index in [1.807, 2.05) is 24.3 Å². The Morgan fingerprint density at radius 2 is 2.25 bits per heavy atom. The molecule has 0 aliphatic carbocycles. The quantitative estimate of drug-likeness (QED) is 0.867. The first-order valence-electron chi connectivity index (χ1n) is 4.70. The SMILES string of the molecule is CC(O)(COCc1cccc(Br)c1)C(=O)O. The largest absolute Gasteiger partial charge is 0.479 e. The number of carbonyl (C=O) groups is 1. The van der Waals surface area contributed by atoms with Gasteiger partial charge >= 0.3 is 5.97 Å². The number of aliphatic hydroxyl groups is 1. The van der Waals surface area contributed by atoms with E-state index in [4.69, 9.17) is 9.84 Å². The Bertz CT molecular complexity index is 376. The summed E-state index contributed by atoms with van der Waals surface area (Å²) in [5.41, 5.74) is -0.929. The first kappa shape index (κ1) is 13.2. The maximum atomic E-state index is 10.6. The van der Waals surface area contributed by atoms with Crippen LogP contribution in [0.25, 0.3) is 0 Å². The van der Waals surface area contributed by atoms with E-state index < -0.39 is 11.6 Å². The highest BCUT2D eigenvalue weighted by molar-refractivity contribution is 9.10. The van der Waals surface area contributed by atoms with Crippen molar-refractivity contribution >= 4 is 21.9 Å². The third kappa shape index (κ3) is 3.92. The van der Waals surface area contributed by atoms with Crippen molar-refractivity contribution in [3.05, 3.63) is 34.3 Å². The molecule has 1 aromatic carbocycles. The maximum Gasteiger partial charge on any atom is 0.337 e. The summed E-state index contributed by atoms with van der Waals surface area (Å²) in [6.45, 7) is 1.23. The fraction of sp³-hybridized carbons (Fsp3) is 0.364. The molecule has 0 aliphatic heterocycles. The van der Waals surface area contributed by atoms with Crippen LogP contribution in [0.15, 0.2) is 28.7 Å². The van der Waals surface area contributed by atoms with E-state index in [2.05, 4.69) is 15.9 Å². The second kappa shape index (κ2) is 5.43. The van der Waals surface area contributed by atoms with Crippen LogP contribution in [0.4, 0.5) is 0 Å². The molecular formula is C11H13BrO4. The Balaban J connectivity index is 2.45. The molecule has 1 rings (SSSR count). The van der Waals surface area contributed by atoms with Crippen LogP contribution in [0.2, 0.25) is 0 Å². The molecule has 5 heteroatoms. The zero-order valence-electron chi connectivity index (χ0n) is 8.81. The van der Waals surface area contributed by atoms with E-state index in [-0.39, 0.29) is 13.2 Å². The topological polar surface area (TPSA) is 66.8 Å². The second-order valence-corrected chi connectivity index (χ2v) is 4.62. The van der Waals surface area contributed by atoms with Crippen LogP contribution in [-0.2, 0) is 16.1 Å². The van der Waals surface area contributed by atoms with Gasteiger partial charge in [-0.05, 0) is 24.6 Å². The molecule has 16 heavy (non-hydrogen) atoms. The summed E-state index contributed by atoms with van der Waals surface area (Å²) in [5.74, 6) is -1.29. The molecule has 0 radical (unpaired) electrons. The van der Waals surface area contributed by atoms with Gasteiger partial charge in [-0.3, -0.25) is 0 Å². The standard InChI is InChI=1S/C11H13BrO4/c1-11(15,10(13)14)7-16-6-8-3-2-4-9(12)5-8/h2-5,15H,6-7H2,1H3,(H,13,14). The number of benzene rings is 1. The molecule has 2 N–H and O–H groups in total. The molecular weight excluding hydrogens is 276 g/mol. The number of halogens is 1. The molecule has 1 atom stereocenters. The first-order valence-corrected chi connectivity index (χ1v) is 5.49. The van der Waals surface area contributed by atoms with Crippen molar-refractivity contribution in [3.63, 3.8) is 0 Å². The van der Waals surface area contributed by atoms with Crippen molar-refractivity contribution in [1.82, 2.24) is 0 Å². The van der Waals surface area contributed by atoms with Gasteiger partial charge < -0.3 is 14.9 Å². The molecule has 88 valence electrons. The summed E-state index contributed by atoms with van der Waals surface area (Å²) in [5, 5.41) is 18.0. The highest BCUT2D eigenvalue weighted by Gasteiger charge is 2.29. The van der Waals surface area contributed by atoms with Gasteiger partial charge in [0.15, 0.2) is 5.60 Å². The van der Waals surface area contributed by atoms with Gasteiger partial charge in [0.1, 0.15) is 0 Å². The van der Waals surface area contributed by atoms with Gasteiger partial charge in [-0.15, -0.1) is 0 Å². The summed E-state index contributed by atoms with van der Waals surface area (Å²) < 4.78 is 6.08. The van der Waals surface area contributed by atoms with Crippen molar-refractivity contribution in [2.45, 2.75) is 19.1 Å². The Morgan fingerprint density at radius 3 is 2.81 bits per heavy atom. The zero-order chi connectivity index (χ0) is 12.2. The number of ether oxygens (including phenoxy) is 1. The van der Waals surface area contributed by atoms with Crippen LogP contribution in [0.3, 0.4) is 0 Å². The van der Waals surface area contributed by atoms with Crippen molar-refractivity contribution in [2.75, 3.05) is 6.61 Å². The molecule has 0 spiro atoms. The molecule has 0 bridgehead atoms. The van der Waals surface area contributed by atoms with Crippen LogP contribution in [0.1, 0.15) is 12.5 Å². The summed E-state index contributed by atoms with van der Waals surface area (Å²) in [7, 11) is 0. The number of carboxylic acid groups (broad SMARTS) is 1. The third-order valence-electron chi connectivity index (χ3n) is 2.00. The normalized spacial score (nSPS) is 14.4.